The molecule has 2 unspecified atom stereocenters. The number of halogens is 1. The van der Waals surface area contributed by atoms with Crippen molar-refractivity contribution < 1.29 is 24.2 Å². The number of rotatable bonds is 4. The summed E-state index contributed by atoms with van der Waals surface area (Å²) in [4.78, 5) is 25.2. The third kappa shape index (κ3) is 5.13. The molecule has 0 bridgehead atoms. The lowest BCUT2D eigenvalue weighted by Crippen LogP contribution is -2.43. The number of carboxylic acids is 1. The van der Waals surface area contributed by atoms with Crippen molar-refractivity contribution in [2.75, 3.05) is 6.54 Å². The number of hydrogen-bond donors (Lipinski definition) is 1. The van der Waals surface area contributed by atoms with Crippen LogP contribution in [0.5, 0.6) is 5.75 Å². The summed E-state index contributed by atoms with van der Waals surface area (Å²) in [5.74, 6) is -0.0913. The van der Waals surface area contributed by atoms with Crippen LogP contribution in [0.2, 0.25) is 0 Å². The molecule has 1 saturated heterocycles. The zero-order chi connectivity index (χ0) is 19.6. The van der Waals surface area contributed by atoms with Crippen LogP contribution < -0.4 is 4.74 Å². The molecule has 0 aliphatic carbocycles. The third-order valence-electron chi connectivity index (χ3n) is 4.06. The van der Waals surface area contributed by atoms with E-state index in [0.717, 1.165) is 10.0 Å². The number of carbonyl (C=O) groups excluding carboxylic acids is 1. The van der Waals surface area contributed by atoms with Crippen LogP contribution in [0.3, 0.4) is 0 Å². The molecule has 0 saturated carbocycles. The molecule has 1 N–H and O–H groups in total. The fourth-order valence-corrected chi connectivity index (χ4v) is 3.28. The Labute approximate surface area is 162 Å². The second-order valence-electron chi connectivity index (χ2n) is 7.80. The van der Waals surface area contributed by atoms with Crippen molar-refractivity contribution in [1.82, 2.24) is 4.90 Å². The molecule has 1 heterocycles. The van der Waals surface area contributed by atoms with E-state index in [1.54, 1.807) is 20.8 Å². The van der Waals surface area contributed by atoms with E-state index in [0.29, 0.717) is 5.75 Å². The largest absolute Gasteiger partial charge is 0.488 e. The number of carboxylic acid groups (broad SMARTS) is 1. The highest BCUT2D eigenvalue weighted by molar-refractivity contribution is 9.10. The van der Waals surface area contributed by atoms with Gasteiger partial charge in [-0.1, -0.05) is 29.8 Å². The molecule has 1 aromatic rings. The maximum absolute atomic E-state index is 12.4. The second kappa shape index (κ2) is 7.86. The van der Waals surface area contributed by atoms with E-state index in [2.05, 4.69) is 29.8 Å². The Balaban J connectivity index is 2.18. The van der Waals surface area contributed by atoms with E-state index in [-0.39, 0.29) is 18.9 Å². The molecule has 1 amide bonds. The summed E-state index contributed by atoms with van der Waals surface area (Å²) >= 11 is 3.46. The lowest BCUT2D eigenvalue weighted by molar-refractivity contribution is -0.142. The first kappa shape index (κ1) is 20.6. The predicted molar refractivity (Wildman–Crippen MR) is 102 cm³/mol. The zero-order valence-corrected chi connectivity index (χ0v) is 17.4. The molecule has 1 aromatic carbocycles. The average molecular weight is 428 g/mol. The Bertz CT molecular complexity index is 683. The van der Waals surface area contributed by atoms with E-state index in [4.69, 9.17) is 9.47 Å². The van der Waals surface area contributed by atoms with Gasteiger partial charge in [0.2, 0.25) is 0 Å². The fourth-order valence-electron chi connectivity index (χ4n) is 2.90. The summed E-state index contributed by atoms with van der Waals surface area (Å²) in [6.45, 7) is 9.57. The molecule has 1 aliphatic rings. The number of amides is 1. The molecule has 0 radical (unpaired) electrons. The number of carbonyl (C=O) groups is 2. The first-order chi connectivity index (χ1) is 12.0. The van der Waals surface area contributed by atoms with Gasteiger partial charge < -0.3 is 14.6 Å². The maximum atomic E-state index is 12.4. The van der Waals surface area contributed by atoms with Crippen molar-refractivity contribution in [3.63, 3.8) is 0 Å². The highest BCUT2D eigenvalue weighted by atomic mass is 79.9. The van der Waals surface area contributed by atoms with Crippen molar-refractivity contribution in [2.45, 2.75) is 64.7 Å². The van der Waals surface area contributed by atoms with Crippen molar-refractivity contribution in [3.05, 3.63) is 28.2 Å². The number of aliphatic carboxylic acids is 1. The van der Waals surface area contributed by atoms with Gasteiger partial charge in [-0.2, -0.15) is 0 Å². The molecule has 0 aromatic heterocycles. The third-order valence-corrected chi connectivity index (χ3v) is 4.56. The van der Waals surface area contributed by atoms with Crippen LogP contribution in [0, 0.1) is 0 Å². The molecule has 26 heavy (non-hydrogen) atoms. The summed E-state index contributed by atoms with van der Waals surface area (Å²) in [5.41, 5.74) is 0.345. The van der Waals surface area contributed by atoms with Gasteiger partial charge in [0.05, 0.1) is 6.54 Å². The topological polar surface area (TPSA) is 76.1 Å². The minimum absolute atomic E-state index is 0.180. The fraction of sp³-hybridized carbons (Fsp3) is 0.579. The summed E-state index contributed by atoms with van der Waals surface area (Å²) in [7, 11) is 0. The minimum atomic E-state index is -1.05. The number of nitrogens with zero attached hydrogens (tertiary/aromatic N) is 1. The highest BCUT2D eigenvalue weighted by Gasteiger charge is 2.42. The second-order valence-corrected chi connectivity index (χ2v) is 8.71. The van der Waals surface area contributed by atoms with Crippen LogP contribution in [-0.4, -0.2) is 46.4 Å². The van der Waals surface area contributed by atoms with Crippen LogP contribution in [0.25, 0.3) is 0 Å². The van der Waals surface area contributed by atoms with Gasteiger partial charge in [-0.05, 0) is 50.5 Å². The Morgan fingerprint density at radius 2 is 1.96 bits per heavy atom. The van der Waals surface area contributed by atoms with Crippen molar-refractivity contribution >= 4 is 28.0 Å². The number of benzene rings is 1. The molecule has 1 aliphatic heterocycles. The monoisotopic (exact) mass is 427 g/mol. The Morgan fingerprint density at radius 1 is 1.31 bits per heavy atom. The van der Waals surface area contributed by atoms with Gasteiger partial charge in [0.1, 0.15) is 23.5 Å². The van der Waals surface area contributed by atoms with Gasteiger partial charge in [-0.3, -0.25) is 4.90 Å². The van der Waals surface area contributed by atoms with Crippen LogP contribution in [0.1, 0.15) is 52.5 Å². The quantitative estimate of drug-likeness (QED) is 0.769. The number of likely N-dealkylation sites (tertiary alicyclic amines) is 1. The molecular weight excluding hydrogens is 402 g/mol. The van der Waals surface area contributed by atoms with Gasteiger partial charge in [0.15, 0.2) is 0 Å². The minimum Gasteiger partial charge on any atom is -0.488 e. The van der Waals surface area contributed by atoms with Crippen molar-refractivity contribution in [1.29, 1.82) is 0 Å². The molecule has 2 atom stereocenters. The van der Waals surface area contributed by atoms with Gasteiger partial charge >= 0.3 is 12.1 Å². The standard InChI is InChI=1S/C19H26BrNO5/c1-11(2)14-8-12(20)6-7-16(14)25-13-9-15(17(22)23)21(10-13)18(24)26-19(3,4)5/h6-8,11,13,15H,9-10H2,1-5H3,(H,22,23). The Hall–Kier alpha value is -1.76. The lowest BCUT2D eigenvalue weighted by atomic mass is 10.0. The van der Waals surface area contributed by atoms with Crippen molar-refractivity contribution in [2.24, 2.45) is 0 Å². The molecule has 144 valence electrons. The lowest BCUT2D eigenvalue weighted by Gasteiger charge is -2.26. The van der Waals surface area contributed by atoms with E-state index in [9.17, 15) is 14.7 Å². The predicted octanol–water partition coefficient (Wildman–Crippen LogP) is 4.41. The summed E-state index contributed by atoms with van der Waals surface area (Å²) < 4.78 is 12.4. The SMILES string of the molecule is CC(C)c1cc(Br)ccc1OC1CC(C(=O)O)N(C(=O)OC(C)(C)C)C1. The number of ether oxygens (including phenoxy) is 2. The van der Waals surface area contributed by atoms with Gasteiger partial charge in [0, 0.05) is 10.9 Å². The molecule has 0 spiro atoms. The van der Waals surface area contributed by atoms with Crippen LogP contribution >= 0.6 is 15.9 Å². The maximum Gasteiger partial charge on any atom is 0.411 e. The van der Waals surface area contributed by atoms with Crippen LogP contribution in [0.15, 0.2) is 22.7 Å². The van der Waals surface area contributed by atoms with E-state index < -0.39 is 29.8 Å². The van der Waals surface area contributed by atoms with E-state index in [1.165, 1.54) is 4.90 Å². The van der Waals surface area contributed by atoms with Gasteiger partial charge in [-0.15, -0.1) is 0 Å². The van der Waals surface area contributed by atoms with Gasteiger partial charge in [0.25, 0.3) is 0 Å². The van der Waals surface area contributed by atoms with Crippen LogP contribution in [-0.2, 0) is 9.53 Å². The first-order valence-electron chi connectivity index (χ1n) is 8.66. The molecule has 1 fully saturated rings. The first-order valence-corrected chi connectivity index (χ1v) is 9.45. The van der Waals surface area contributed by atoms with Crippen LogP contribution in [0.4, 0.5) is 4.79 Å². The summed E-state index contributed by atoms with van der Waals surface area (Å²) in [6, 6.07) is 4.80. The summed E-state index contributed by atoms with van der Waals surface area (Å²) in [5, 5.41) is 9.48. The molecule has 7 heteroatoms. The average Bonchev–Trinajstić information content (AvgIpc) is 2.91. The van der Waals surface area contributed by atoms with E-state index >= 15 is 0 Å². The molecule has 2 rings (SSSR count). The Morgan fingerprint density at radius 3 is 2.50 bits per heavy atom. The zero-order valence-electron chi connectivity index (χ0n) is 15.8. The Kier molecular flexibility index (Phi) is 6.21. The number of hydrogen-bond acceptors (Lipinski definition) is 4. The van der Waals surface area contributed by atoms with Gasteiger partial charge in [-0.25, -0.2) is 9.59 Å². The molecule has 6 nitrogen and oxygen atoms in total. The highest BCUT2D eigenvalue weighted by Crippen LogP contribution is 2.32. The smallest absolute Gasteiger partial charge is 0.411 e. The molecular formula is C19H26BrNO5. The van der Waals surface area contributed by atoms with Crippen molar-refractivity contribution in [3.8, 4) is 5.75 Å². The summed E-state index contributed by atoms with van der Waals surface area (Å²) in [6.07, 6.45) is -0.805. The normalized spacial score (nSPS) is 20.3. The van der Waals surface area contributed by atoms with E-state index in [1.807, 2.05) is 18.2 Å².